The fraction of sp³-hybridized carbons (Fsp3) is 0.583. The van der Waals surface area contributed by atoms with Crippen molar-refractivity contribution in [3.63, 3.8) is 0 Å². The predicted molar refractivity (Wildman–Crippen MR) is 71.3 cm³/mol. The van der Waals surface area contributed by atoms with E-state index in [1.54, 1.807) is 38.4 Å². The summed E-state index contributed by atoms with van der Waals surface area (Å²) in [7, 11) is 5.06. The first-order chi connectivity index (χ1) is 9.13. The fourth-order valence-electron chi connectivity index (χ4n) is 2.05. The highest BCUT2D eigenvalue weighted by atomic mass is 16.5. The van der Waals surface area contributed by atoms with Crippen LogP contribution in [0.4, 0.5) is 5.95 Å². The zero-order chi connectivity index (χ0) is 13.8. The van der Waals surface area contributed by atoms with Gasteiger partial charge in [-0.2, -0.15) is 4.98 Å². The van der Waals surface area contributed by atoms with Gasteiger partial charge in [-0.05, 0) is 0 Å². The van der Waals surface area contributed by atoms with Crippen molar-refractivity contribution in [2.24, 2.45) is 0 Å². The second-order valence-electron chi connectivity index (χ2n) is 4.54. The van der Waals surface area contributed by atoms with Crippen LogP contribution in [0, 0.1) is 0 Å². The molecule has 1 unspecified atom stereocenters. The molecule has 7 nitrogen and oxygen atoms in total. The van der Waals surface area contributed by atoms with E-state index in [-0.39, 0.29) is 11.9 Å². The molecule has 1 amide bonds. The third-order valence-corrected chi connectivity index (χ3v) is 3.05. The number of likely N-dealkylation sites (N-methyl/N-ethyl adjacent to an activating group) is 1. The van der Waals surface area contributed by atoms with E-state index in [0.717, 1.165) is 6.54 Å². The molecule has 0 aliphatic carbocycles. The zero-order valence-corrected chi connectivity index (χ0v) is 11.5. The van der Waals surface area contributed by atoms with Gasteiger partial charge in [-0.3, -0.25) is 4.79 Å². The Morgan fingerprint density at radius 1 is 1.58 bits per heavy atom. The van der Waals surface area contributed by atoms with Gasteiger partial charge in [0.1, 0.15) is 6.04 Å². The number of amides is 1. The lowest BCUT2D eigenvalue weighted by Crippen LogP contribution is -2.58. The van der Waals surface area contributed by atoms with Gasteiger partial charge in [0.2, 0.25) is 17.7 Å². The van der Waals surface area contributed by atoms with Gasteiger partial charge in [-0.25, -0.2) is 4.98 Å². The molecule has 2 heterocycles. The average Bonchev–Trinajstić information content (AvgIpc) is 2.46. The monoisotopic (exact) mass is 265 g/mol. The van der Waals surface area contributed by atoms with Crippen molar-refractivity contribution < 1.29 is 9.53 Å². The third-order valence-electron chi connectivity index (χ3n) is 3.05. The molecular weight excluding hydrogens is 246 g/mol. The first kappa shape index (κ1) is 13.5. The maximum Gasteiger partial charge on any atom is 0.246 e. The zero-order valence-electron chi connectivity index (χ0n) is 11.5. The number of hydrogen-bond acceptors (Lipinski definition) is 6. The number of rotatable bonds is 3. The second-order valence-corrected chi connectivity index (χ2v) is 4.54. The molecule has 19 heavy (non-hydrogen) atoms. The van der Waals surface area contributed by atoms with Crippen LogP contribution in [-0.2, 0) is 4.79 Å². The highest BCUT2D eigenvalue weighted by Gasteiger charge is 2.31. The molecule has 1 atom stereocenters. The molecule has 0 radical (unpaired) electrons. The van der Waals surface area contributed by atoms with Gasteiger partial charge in [-0.15, -0.1) is 0 Å². The van der Waals surface area contributed by atoms with Crippen LogP contribution < -0.4 is 15.0 Å². The minimum Gasteiger partial charge on any atom is -0.481 e. The van der Waals surface area contributed by atoms with E-state index in [0.29, 0.717) is 24.9 Å². The van der Waals surface area contributed by atoms with Gasteiger partial charge in [0.05, 0.1) is 7.11 Å². The van der Waals surface area contributed by atoms with Gasteiger partial charge in [0, 0.05) is 46.0 Å². The topological polar surface area (TPSA) is 70.6 Å². The molecule has 1 fully saturated rings. The summed E-state index contributed by atoms with van der Waals surface area (Å²) in [6, 6.07) is 1.41. The van der Waals surface area contributed by atoms with Crippen LogP contribution in [0.15, 0.2) is 12.3 Å². The number of ether oxygens (including phenoxy) is 1. The Morgan fingerprint density at radius 2 is 2.37 bits per heavy atom. The van der Waals surface area contributed by atoms with Gasteiger partial charge >= 0.3 is 0 Å². The number of nitrogens with one attached hydrogen (secondary N) is 1. The van der Waals surface area contributed by atoms with Crippen LogP contribution in [0.2, 0.25) is 0 Å². The van der Waals surface area contributed by atoms with Gasteiger partial charge in [0.25, 0.3) is 0 Å². The first-order valence-corrected chi connectivity index (χ1v) is 6.19. The number of carbonyl (C=O) groups excluding carboxylic acids is 1. The van der Waals surface area contributed by atoms with Crippen molar-refractivity contribution in [1.29, 1.82) is 0 Å². The maximum absolute atomic E-state index is 12.2. The average molecular weight is 265 g/mol. The smallest absolute Gasteiger partial charge is 0.246 e. The minimum atomic E-state index is -0.282. The predicted octanol–water partition coefficient (Wildman–Crippen LogP) is -0.648. The highest BCUT2D eigenvalue weighted by molar-refractivity contribution is 5.85. The Balaban J connectivity index is 2.25. The number of hydrogen-bond donors (Lipinski definition) is 1. The molecule has 2 rings (SSSR count). The summed E-state index contributed by atoms with van der Waals surface area (Å²) in [5, 5.41) is 3.22. The van der Waals surface area contributed by atoms with E-state index in [1.807, 2.05) is 4.90 Å². The summed E-state index contributed by atoms with van der Waals surface area (Å²) in [4.78, 5) is 24.2. The molecule has 1 N–H and O–H groups in total. The SMILES string of the molecule is COc1ccnc(N2CCNCC2C(=O)N(C)C)n1. The minimum absolute atomic E-state index is 0.0404. The highest BCUT2D eigenvalue weighted by Crippen LogP contribution is 2.17. The Hall–Kier alpha value is -1.89. The van der Waals surface area contributed by atoms with Gasteiger partial charge < -0.3 is 19.9 Å². The molecule has 0 spiro atoms. The fourth-order valence-corrected chi connectivity index (χ4v) is 2.05. The van der Waals surface area contributed by atoms with E-state index in [4.69, 9.17) is 4.74 Å². The summed E-state index contributed by atoms with van der Waals surface area (Å²) in [6.07, 6.45) is 1.64. The Bertz CT molecular complexity index is 452. The van der Waals surface area contributed by atoms with Crippen molar-refractivity contribution in [2.75, 3.05) is 45.7 Å². The van der Waals surface area contributed by atoms with Crippen LogP contribution in [0.25, 0.3) is 0 Å². The quantitative estimate of drug-likeness (QED) is 0.783. The lowest BCUT2D eigenvalue weighted by Gasteiger charge is -2.36. The number of piperazine rings is 1. The lowest BCUT2D eigenvalue weighted by molar-refractivity contribution is -0.130. The Morgan fingerprint density at radius 3 is 3.05 bits per heavy atom. The van der Waals surface area contributed by atoms with Gasteiger partial charge in [0.15, 0.2) is 0 Å². The van der Waals surface area contributed by atoms with E-state index in [2.05, 4.69) is 15.3 Å². The molecule has 7 heteroatoms. The van der Waals surface area contributed by atoms with Crippen LogP contribution in [0.1, 0.15) is 0 Å². The molecular formula is C12H19N5O2. The van der Waals surface area contributed by atoms with Crippen LogP contribution in [-0.4, -0.2) is 67.7 Å². The van der Waals surface area contributed by atoms with Crippen molar-refractivity contribution in [3.8, 4) is 5.88 Å². The van der Waals surface area contributed by atoms with E-state index < -0.39 is 0 Å². The van der Waals surface area contributed by atoms with Crippen molar-refractivity contribution in [2.45, 2.75) is 6.04 Å². The van der Waals surface area contributed by atoms with Crippen LogP contribution >= 0.6 is 0 Å². The normalized spacial score (nSPS) is 19.1. The van der Waals surface area contributed by atoms with Crippen LogP contribution in [0.3, 0.4) is 0 Å². The summed E-state index contributed by atoms with van der Waals surface area (Å²) in [5.74, 6) is 1.07. The van der Waals surface area contributed by atoms with Crippen molar-refractivity contribution >= 4 is 11.9 Å². The molecule has 1 aromatic rings. The molecule has 1 aromatic heterocycles. The molecule has 0 bridgehead atoms. The lowest BCUT2D eigenvalue weighted by atomic mass is 10.2. The number of carbonyl (C=O) groups is 1. The Labute approximate surface area is 112 Å². The Kier molecular flexibility index (Phi) is 4.16. The number of aromatic nitrogens is 2. The van der Waals surface area contributed by atoms with E-state index >= 15 is 0 Å². The molecule has 104 valence electrons. The second kappa shape index (κ2) is 5.83. The largest absolute Gasteiger partial charge is 0.481 e. The summed E-state index contributed by atoms with van der Waals surface area (Å²) < 4.78 is 5.10. The molecule has 1 aliphatic heterocycles. The number of methoxy groups -OCH3 is 1. The molecule has 1 saturated heterocycles. The molecule has 1 aliphatic rings. The standard InChI is InChI=1S/C12H19N5O2/c1-16(2)11(18)9-8-13-6-7-17(9)12-14-5-4-10(15-12)19-3/h4-5,9,13H,6-8H2,1-3H3. The molecule has 0 aromatic carbocycles. The van der Waals surface area contributed by atoms with Crippen molar-refractivity contribution in [3.05, 3.63) is 12.3 Å². The summed E-state index contributed by atoms with van der Waals surface area (Å²) in [5.41, 5.74) is 0. The van der Waals surface area contributed by atoms with E-state index in [9.17, 15) is 4.79 Å². The summed E-state index contributed by atoms with van der Waals surface area (Å²) >= 11 is 0. The molecule has 0 saturated carbocycles. The van der Waals surface area contributed by atoms with E-state index in [1.165, 1.54) is 0 Å². The number of anilines is 1. The summed E-state index contributed by atoms with van der Waals surface area (Å²) in [6.45, 7) is 2.09. The van der Waals surface area contributed by atoms with Gasteiger partial charge in [-0.1, -0.05) is 0 Å². The first-order valence-electron chi connectivity index (χ1n) is 6.19. The maximum atomic E-state index is 12.2. The van der Waals surface area contributed by atoms with Crippen molar-refractivity contribution in [1.82, 2.24) is 20.2 Å². The van der Waals surface area contributed by atoms with Crippen LogP contribution in [0.5, 0.6) is 5.88 Å². The number of nitrogens with zero attached hydrogens (tertiary/aromatic N) is 4. The third kappa shape index (κ3) is 2.93.